The minimum absolute atomic E-state index is 0.121. The zero-order valence-electron chi connectivity index (χ0n) is 9.91. The fourth-order valence-electron chi connectivity index (χ4n) is 1.65. The van der Waals surface area contributed by atoms with Crippen LogP contribution in [0.4, 0.5) is 11.4 Å². The van der Waals surface area contributed by atoms with Crippen LogP contribution in [-0.4, -0.2) is 5.91 Å². The van der Waals surface area contributed by atoms with E-state index < -0.39 is 0 Å². The van der Waals surface area contributed by atoms with Crippen molar-refractivity contribution < 1.29 is 4.79 Å². The summed E-state index contributed by atoms with van der Waals surface area (Å²) in [5.41, 5.74) is 8.59. The first-order chi connectivity index (χ1) is 8.56. The first-order valence-corrected chi connectivity index (χ1v) is 6.28. The lowest BCUT2D eigenvalue weighted by Crippen LogP contribution is -2.13. The predicted molar refractivity (Wildman–Crippen MR) is 77.7 cm³/mol. The minimum Gasteiger partial charge on any atom is -0.399 e. The van der Waals surface area contributed by atoms with Gasteiger partial charge in [0, 0.05) is 21.4 Å². The van der Waals surface area contributed by atoms with E-state index in [2.05, 4.69) is 21.2 Å². The summed E-state index contributed by atoms with van der Waals surface area (Å²) in [5, 5.41) is 2.84. The first-order valence-electron chi connectivity index (χ1n) is 5.49. The smallest absolute Gasteiger partial charge is 0.255 e. The van der Waals surface area contributed by atoms with E-state index in [1.54, 1.807) is 30.3 Å². The highest BCUT2D eigenvalue weighted by atomic mass is 79.9. The normalized spacial score (nSPS) is 10.1. The number of aryl methyl sites for hydroxylation is 1. The van der Waals surface area contributed by atoms with Gasteiger partial charge in [0.2, 0.25) is 0 Å². The molecule has 0 spiro atoms. The maximum atomic E-state index is 12.1. The summed E-state index contributed by atoms with van der Waals surface area (Å²) in [6.07, 6.45) is 0. The van der Waals surface area contributed by atoms with Crippen LogP contribution in [0.15, 0.2) is 46.9 Å². The van der Waals surface area contributed by atoms with Crippen LogP contribution in [0.3, 0.4) is 0 Å². The number of hydrogen-bond acceptors (Lipinski definition) is 2. The standard InChI is InChI=1S/C14H13BrN2O/c1-9-8-10(15)2-7-13(9)14(18)17-12-5-3-11(16)4-6-12/h2-8H,16H2,1H3,(H,17,18). The molecule has 0 bridgehead atoms. The third-order valence-corrected chi connectivity index (χ3v) is 3.09. The molecule has 0 saturated carbocycles. The van der Waals surface area contributed by atoms with Gasteiger partial charge in [-0.15, -0.1) is 0 Å². The van der Waals surface area contributed by atoms with E-state index in [1.165, 1.54) is 0 Å². The number of hydrogen-bond donors (Lipinski definition) is 2. The molecule has 2 rings (SSSR count). The number of nitrogens with two attached hydrogens (primary N) is 1. The molecule has 92 valence electrons. The van der Waals surface area contributed by atoms with Crippen molar-refractivity contribution in [1.82, 2.24) is 0 Å². The average molecular weight is 305 g/mol. The lowest BCUT2D eigenvalue weighted by atomic mass is 10.1. The van der Waals surface area contributed by atoms with Crippen LogP contribution in [0.1, 0.15) is 15.9 Å². The lowest BCUT2D eigenvalue weighted by Gasteiger charge is -2.08. The molecule has 0 saturated heterocycles. The molecule has 0 radical (unpaired) electrons. The average Bonchev–Trinajstić information content (AvgIpc) is 2.32. The largest absolute Gasteiger partial charge is 0.399 e. The second-order valence-electron chi connectivity index (χ2n) is 4.04. The van der Waals surface area contributed by atoms with Gasteiger partial charge in [-0.3, -0.25) is 4.79 Å². The van der Waals surface area contributed by atoms with Gasteiger partial charge in [-0.1, -0.05) is 15.9 Å². The van der Waals surface area contributed by atoms with Gasteiger partial charge in [-0.05, 0) is 55.0 Å². The quantitative estimate of drug-likeness (QED) is 0.833. The molecule has 4 heteroatoms. The van der Waals surface area contributed by atoms with Crippen LogP contribution in [0.25, 0.3) is 0 Å². The van der Waals surface area contributed by atoms with Gasteiger partial charge in [-0.2, -0.15) is 0 Å². The van der Waals surface area contributed by atoms with Gasteiger partial charge in [0.15, 0.2) is 0 Å². The molecule has 2 aromatic carbocycles. The SMILES string of the molecule is Cc1cc(Br)ccc1C(=O)Nc1ccc(N)cc1. The molecule has 0 aliphatic rings. The fourth-order valence-corrected chi connectivity index (χ4v) is 2.12. The van der Waals surface area contributed by atoms with Crippen LogP contribution < -0.4 is 11.1 Å². The third kappa shape index (κ3) is 2.90. The van der Waals surface area contributed by atoms with Crippen molar-refractivity contribution in [1.29, 1.82) is 0 Å². The number of anilines is 2. The molecule has 18 heavy (non-hydrogen) atoms. The summed E-state index contributed by atoms with van der Waals surface area (Å²) in [5.74, 6) is -0.121. The molecule has 0 aromatic heterocycles. The molecule has 0 heterocycles. The molecule has 0 fully saturated rings. The van der Waals surface area contributed by atoms with E-state index in [0.29, 0.717) is 11.3 Å². The maximum Gasteiger partial charge on any atom is 0.255 e. The predicted octanol–water partition coefficient (Wildman–Crippen LogP) is 3.59. The van der Waals surface area contributed by atoms with Crippen molar-refractivity contribution >= 4 is 33.2 Å². The molecule has 3 N–H and O–H groups in total. The van der Waals surface area contributed by atoms with Crippen LogP contribution >= 0.6 is 15.9 Å². The van der Waals surface area contributed by atoms with Crippen molar-refractivity contribution in [2.45, 2.75) is 6.92 Å². The monoisotopic (exact) mass is 304 g/mol. The molecule has 3 nitrogen and oxygen atoms in total. The second kappa shape index (κ2) is 5.23. The third-order valence-electron chi connectivity index (χ3n) is 2.60. The van der Waals surface area contributed by atoms with Gasteiger partial charge in [0.25, 0.3) is 5.91 Å². The summed E-state index contributed by atoms with van der Waals surface area (Å²) in [6, 6.07) is 12.6. The summed E-state index contributed by atoms with van der Waals surface area (Å²) in [6.45, 7) is 1.91. The van der Waals surface area contributed by atoms with E-state index in [-0.39, 0.29) is 5.91 Å². The molecule has 0 aliphatic heterocycles. The Kier molecular flexibility index (Phi) is 3.67. The summed E-state index contributed by atoms with van der Waals surface area (Å²) in [4.78, 5) is 12.1. The Bertz CT molecular complexity index is 579. The van der Waals surface area contributed by atoms with Crippen LogP contribution in [0.2, 0.25) is 0 Å². The lowest BCUT2D eigenvalue weighted by molar-refractivity contribution is 0.102. The maximum absolute atomic E-state index is 12.1. The second-order valence-corrected chi connectivity index (χ2v) is 4.95. The summed E-state index contributed by atoms with van der Waals surface area (Å²) >= 11 is 3.37. The molecule has 0 aliphatic carbocycles. The Morgan fingerprint density at radius 3 is 2.44 bits per heavy atom. The zero-order chi connectivity index (χ0) is 13.1. The molecule has 1 amide bonds. The van der Waals surface area contributed by atoms with Gasteiger partial charge >= 0.3 is 0 Å². The molecule has 2 aromatic rings. The molecular weight excluding hydrogens is 292 g/mol. The molecular formula is C14H13BrN2O. The number of carbonyl (C=O) groups excluding carboxylic acids is 1. The highest BCUT2D eigenvalue weighted by Crippen LogP contribution is 2.18. The van der Waals surface area contributed by atoms with E-state index in [0.717, 1.165) is 15.7 Å². The van der Waals surface area contributed by atoms with E-state index in [4.69, 9.17) is 5.73 Å². The van der Waals surface area contributed by atoms with Crippen molar-refractivity contribution in [2.24, 2.45) is 0 Å². The van der Waals surface area contributed by atoms with Crippen molar-refractivity contribution in [2.75, 3.05) is 11.1 Å². The molecule has 0 unspecified atom stereocenters. The van der Waals surface area contributed by atoms with Gasteiger partial charge in [0.05, 0.1) is 0 Å². The number of amides is 1. The van der Waals surface area contributed by atoms with E-state index in [1.807, 2.05) is 19.1 Å². The first kappa shape index (κ1) is 12.6. The van der Waals surface area contributed by atoms with Gasteiger partial charge in [-0.25, -0.2) is 0 Å². The number of nitrogens with one attached hydrogen (secondary N) is 1. The van der Waals surface area contributed by atoms with Crippen LogP contribution in [0.5, 0.6) is 0 Å². The number of benzene rings is 2. The highest BCUT2D eigenvalue weighted by Gasteiger charge is 2.09. The van der Waals surface area contributed by atoms with Crippen molar-refractivity contribution in [3.63, 3.8) is 0 Å². The number of halogens is 1. The minimum atomic E-state index is -0.121. The fraction of sp³-hybridized carbons (Fsp3) is 0.0714. The topological polar surface area (TPSA) is 55.1 Å². The van der Waals surface area contributed by atoms with E-state index in [9.17, 15) is 4.79 Å². The zero-order valence-corrected chi connectivity index (χ0v) is 11.5. The number of rotatable bonds is 2. The van der Waals surface area contributed by atoms with Crippen LogP contribution in [-0.2, 0) is 0 Å². The number of nitrogen functional groups attached to an aromatic ring is 1. The Morgan fingerprint density at radius 1 is 1.17 bits per heavy atom. The summed E-state index contributed by atoms with van der Waals surface area (Å²) < 4.78 is 0.962. The van der Waals surface area contributed by atoms with Gasteiger partial charge < -0.3 is 11.1 Å². The number of carbonyl (C=O) groups is 1. The van der Waals surface area contributed by atoms with Crippen molar-refractivity contribution in [3.05, 3.63) is 58.1 Å². The van der Waals surface area contributed by atoms with Gasteiger partial charge in [0.1, 0.15) is 0 Å². The Labute approximate surface area is 114 Å². The Morgan fingerprint density at radius 2 is 1.83 bits per heavy atom. The van der Waals surface area contributed by atoms with Crippen LogP contribution in [0, 0.1) is 6.92 Å². The summed E-state index contributed by atoms with van der Waals surface area (Å²) in [7, 11) is 0. The van der Waals surface area contributed by atoms with E-state index >= 15 is 0 Å². The van der Waals surface area contributed by atoms with Crippen molar-refractivity contribution in [3.8, 4) is 0 Å². The molecule has 0 atom stereocenters. The Balaban J connectivity index is 2.19. The highest BCUT2D eigenvalue weighted by molar-refractivity contribution is 9.10. The Hall–Kier alpha value is -1.81.